The van der Waals surface area contributed by atoms with Gasteiger partial charge >= 0.3 is 0 Å². The van der Waals surface area contributed by atoms with Gasteiger partial charge in [-0.3, -0.25) is 14.9 Å². The number of Topliss-reactive ketones (excluding diaryl/α,β-unsaturated/α-hetero) is 1. The Morgan fingerprint density at radius 2 is 1.90 bits per heavy atom. The van der Waals surface area contributed by atoms with Crippen molar-refractivity contribution < 1.29 is 9.59 Å². The Morgan fingerprint density at radius 3 is 2.79 bits per heavy atom. The van der Waals surface area contributed by atoms with Crippen LogP contribution in [-0.2, 0) is 25.9 Å². The number of aromatic nitrogens is 4. The minimum atomic E-state index is -0.163. The lowest BCUT2D eigenvalue weighted by Gasteiger charge is -2.29. The molecule has 6 aromatic rings. The van der Waals surface area contributed by atoms with E-state index in [-0.39, 0.29) is 11.7 Å². The van der Waals surface area contributed by atoms with E-state index < -0.39 is 0 Å². The molecule has 0 radical (unpaired) electrons. The van der Waals surface area contributed by atoms with Crippen molar-refractivity contribution in [2.75, 3.05) is 16.8 Å². The molecule has 42 heavy (non-hydrogen) atoms. The third-order valence-corrected chi connectivity index (χ3v) is 9.78. The van der Waals surface area contributed by atoms with Crippen molar-refractivity contribution in [3.8, 4) is 0 Å². The van der Waals surface area contributed by atoms with E-state index >= 15 is 0 Å². The van der Waals surface area contributed by atoms with Gasteiger partial charge in [-0.25, -0.2) is 15.0 Å². The number of carbonyl (C=O) groups is 2. The second kappa shape index (κ2) is 11.1. The van der Waals surface area contributed by atoms with Crippen LogP contribution >= 0.6 is 22.7 Å². The summed E-state index contributed by atoms with van der Waals surface area (Å²) in [6.45, 7) is 3.74. The van der Waals surface area contributed by atoms with Crippen molar-refractivity contribution in [1.82, 2.24) is 19.5 Å². The van der Waals surface area contributed by atoms with Crippen molar-refractivity contribution in [1.29, 1.82) is 0 Å². The number of hydrogen-bond donors (Lipinski definition) is 1. The molecule has 0 spiro atoms. The van der Waals surface area contributed by atoms with Gasteiger partial charge in [-0.15, -0.1) is 11.3 Å². The predicted octanol–water partition coefficient (Wildman–Crippen LogP) is 6.75. The number of pyridine rings is 1. The summed E-state index contributed by atoms with van der Waals surface area (Å²) in [6.07, 6.45) is 6.32. The van der Waals surface area contributed by atoms with Crippen LogP contribution in [0.3, 0.4) is 0 Å². The molecule has 0 bridgehead atoms. The first kappa shape index (κ1) is 26.5. The van der Waals surface area contributed by atoms with Crippen molar-refractivity contribution in [2.24, 2.45) is 0 Å². The van der Waals surface area contributed by atoms with E-state index in [0.29, 0.717) is 22.9 Å². The van der Waals surface area contributed by atoms with Crippen molar-refractivity contribution in [2.45, 2.75) is 39.3 Å². The predicted molar refractivity (Wildman–Crippen MR) is 169 cm³/mol. The van der Waals surface area contributed by atoms with E-state index in [1.54, 1.807) is 18.3 Å². The first-order valence-electron chi connectivity index (χ1n) is 14.0. The van der Waals surface area contributed by atoms with Gasteiger partial charge in [0.1, 0.15) is 11.3 Å². The Labute approximate surface area is 250 Å². The number of nitrogens with one attached hydrogen (secondary N) is 1. The summed E-state index contributed by atoms with van der Waals surface area (Å²) in [4.78, 5) is 43.1. The number of nitrogens with zero attached hydrogens (tertiary/aromatic N) is 5. The summed E-state index contributed by atoms with van der Waals surface area (Å²) in [5.41, 5.74) is 5.21. The van der Waals surface area contributed by atoms with E-state index in [1.807, 2.05) is 48.7 Å². The molecule has 8 nitrogen and oxygen atoms in total. The maximum absolute atomic E-state index is 13.4. The molecule has 0 unspecified atom stereocenters. The lowest BCUT2D eigenvalue weighted by Crippen LogP contribution is -2.32. The highest BCUT2D eigenvalue weighted by atomic mass is 32.1. The molecule has 7 rings (SSSR count). The van der Waals surface area contributed by atoms with Gasteiger partial charge in [0.25, 0.3) is 5.91 Å². The van der Waals surface area contributed by atoms with E-state index in [9.17, 15) is 9.59 Å². The smallest absolute Gasteiger partial charge is 0.257 e. The van der Waals surface area contributed by atoms with Crippen LogP contribution in [0.2, 0.25) is 0 Å². The van der Waals surface area contributed by atoms with Crippen LogP contribution in [-0.4, -0.2) is 37.8 Å². The fraction of sp³-hybridized carbons (Fsp3) is 0.219. The maximum atomic E-state index is 13.4. The van der Waals surface area contributed by atoms with Gasteiger partial charge in [-0.1, -0.05) is 35.6 Å². The average molecular weight is 593 g/mol. The number of hydrogen-bond acceptors (Lipinski definition) is 8. The summed E-state index contributed by atoms with van der Waals surface area (Å²) in [7, 11) is 0. The number of para-hydroxylation sites is 1. The lowest BCUT2D eigenvalue weighted by molar-refractivity contribution is 0.100. The van der Waals surface area contributed by atoms with Crippen LogP contribution in [0.4, 0.5) is 10.3 Å². The summed E-state index contributed by atoms with van der Waals surface area (Å²) < 4.78 is 3.20. The molecule has 2 aromatic carbocycles. The Morgan fingerprint density at radius 1 is 1.00 bits per heavy atom. The Bertz CT molecular complexity index is 1920. The highest BCUT2D eigenvalue weighted by Crippen LogP contribution is 2.33. The van der Waals surface area contributed by atoms with Crippen LogP contribution in [0, 0.1) is 0 Å². The molecule has 5 heterocycles. The van der Waals surface area contributed by atoms with Crippen LogP contribution in [0.1, 0.15) is 50.2 Å². The van der Waals surface area contributed by atoms with Crippen molar-refractivity contribution >= 4 is 65.9 Å². The second-order valence-corrected chi connectivity index (χ2v) is 12.5. The second-order valence-electron chi connectivity index (χ2n) is 10.4. The van der Waals surface area contributed by atoms with Crippen molar-refractivity contribution in [3.05, 3.63) is 100 Å². The molecule has 0 saturated carbocycles. The molecular weight excluding hydrogens is 565 g/mol. The first-order chi connectivity index (χ1) is 20.5. The Hall–Kier alpha value is -4.41. The third kappa shape index (κ3) is 5.08. The van der Waals surface area contributed by atoms with Gasteiger partial charge in [0, 0.05) is 54.8 Å². The number of rotatable bonds is 8. The average Bonchev–Trinajstić information content (AvgIpc) is 3.73. The summed E-state index contributed by atoms with van der Waals surface area (Å²) >= 11 is 3.06. The largest absolute Gasteiger partial charge is 0.343 e. The SMILES string of the molecule is CC(=O)c1nc(N2CCc3cccc(C(=O)Nc4nc5ccccc5s4)c3C2)sc1CCCn1ccc2cccnc21. The summed E-state index contributed by atoms with van der Waals surface area (Å²) in [6, 6.07) is 19.9. The van der Waals surface area contributed by atoms with E-state index in [1.165, 1.54) is 16.9 Å². The molecule has 0 aliphatic carbocycles. The van der Waals surface area contributed by atoms with Gasteiger partial charge in [0.15, 0.2) is 16.0 Å². The van der Waals surface area contributed by atoms with Gasteiger partial charge in [0.2, 0.25) is 0 Å². The number of thiazole rings is 2. The minimum Gasteiger partial charge on any atom is -0.343 e. The van der Waals surface area contributed by atoms with Crippen LogP contribution in [0.15, 0.2) is 73.1 Å². The summed E-state index contributed by atoms with van der Waals surface area (Å²) in [5, 5.41) is 5.56. The molecular formula is C32H28N6O2S2. The number of fused-ring (bicyclic) bond motifs is 3. The molecule has 1 amide bonds. The van der Waals surface area contributed by atoms with Gasteiger partial charge in [-0.2, -0.15) is 0 Å². The number of benzene rings is 2. The summed E-state index contributed by atoms with van der Waals surface area (Å²) in [5.74, 6) is -0.182. The van der Waals surface area contributed by atoms with E-state index in [4.69, 9.17) is 4.98 Å². The maximum Gasteiger partial charge on any atom is 0.257 e. The zero-order valence-electron chi connectivity index (χ0n) is 23.0. The topological polar surface area (TPSA) is 93.0 Å². The highest BCUT2D eigenvalue weighted by Gasteiger charge is 2.26. The van der Waals surface area contributed by atoms with Crippen LogP contribution in [0.5, 0.6) is 0 Å². The Balaban J connectivity index is 1.09. The zero-order valence-corrected chi connectivity index (χ0v) is 24.7. The molecule has 0 atom stereocenters. The Kier molecular flexibility index (Phi) is 7.01. The van der Waals surface area contributed by atoms with E-state index in [0.717, 1.165) is 69.2 Å². The third-order valence-electron chi connectivity index (χ3n) is 7.65. The fourth-order valence-electron chi connectivity index (χ4n) is 5.58. The van der Waals surface area contributed by atoms with Gasteiger partial charge in [-0.05, 0) is 66.8 Å². The fourth-order valence-corrected chi connectivity index (χ4v) is 7.61. The number of aryl methyl sites for hydroxylation is 2. The first-order valence-corrected chi connectivity index (χ1v) is 15.6. The lowest BCUT2D eigenvalue weighted by atomic mass is 9.94. The minimum absolute atomic E-state index is 0.0195. The van der Waals surface area contributed by atoms with Crippen LogP contribution < -0.4 is 10.2 Å². The highest BCUT2D eigenvalue weighted by molar-refractivity contribution is 7.22. The molecule has 0 saturated heterocycles. The number of carbonyl (C=O) groups excluding carboxylic acids is 2. The standard InChI is InChI=1S/C32H28N6O2S2/c1-20(39)28-27(12-6-16-37-17-14-22-8-5-15-33-29(22)37)42-32(35-28)38-18-13-21-7-4-9-23(24(21)19-38)30(40)36-31-34-25-10-2-3-11-26(25)41-31/h2-5,7-11,14-15,17H,6,12-13,16,18-19H2,1H3,(H,34,36,40). The van der Waals surface area contributed by atoms with Crippen molar-refractivity contribution in [3.63, 3.8) is 0 Å². The van der Waals surface area contributed by atoms with E-state index in [2.05, 4.69) is 49.1 Å². The normalized spacial score (nSPS) is 13.0. The quantitative estimate of drug-likeness (QED) is 0.197. The molecule has 210 valence electrons. The molecule has 1 aliphatic rings. The molecule has 4 aromatic heterocycles. The van der Waals surface area contributed by atoms with Gasteiger partial charge < -0.3 is 9.47 Å². The zero-order chi connectivity index (χ0) is 28.6. The van der Waals surface area contributed by atoms with Crippen LogP contribution in [0.25, 0.3) is 21.3 Å². The number of anilines is 2. The number of amides is 1. The molecule has 0 fully saturated rings. The number of ketones is 1. The molecule has 10 heteroatoms. The van der Waals surface area contributed by atoms with Gasteiger partial charge in [0.05, 0.1) is 10.2 Å². The monoisotopic (exact) mass is 592 g/mol. The molecule has 1 aliphatic heterocycles. The molecule has 1 N–H and O–H groups in total.